The molecular weight excluding hydrogens is 448 g/mol. The minimum Gasteiger partial charge on any atom is -0.503 e. The molecule has 1 N–H and O–H groups in total. The number of nitrogens with zero attached hydrogens (tertiary/aromatic N) is 4. The molecule has 0 bridgehead atoms. The quantitative estimate of drug-likeness (QED) is 0.471. The third kappa shape index (κ3) is 4.33. The summed E-state index contributed by atoms with van der Waals surface area (Å²) in [6, 6.07) is 10.8. The average molecular weight is 477 g/mol. The molecule has 1 aromatic carbocycles. The van der Waals surface area contributed by atoms with Gasteiger partial charge in [0.15, 0.2) is 5.76 Å². The summed E-state index contributed by atoms with van der Waals surface area (Å²) in [4.78, 5) is 39.5. The second-order valence-electron chi connectivity index (χ2n) is 8.19. The molecule has 1 atom stereocenters. The number of pyridine rings is 1. The van der Waals surface area contributed by atoms with Gasteiger partial charge in [0, 0.05) is 37.7 Å². The number of Topliss-reactive ketones (excluding diaryl/α,β-unsaturated/α-hetero) is 1. The maximum Gasteiger partial charge on any atom is 0.290 e. The number of ketones is 1. The van der Waals surface area contributed by atoms with Crippen LogP contribution in [0.5, 0.6) is 0 Å². The highest BCUT2D eigenvalue weighted by Crippen LogP contribution is 2.41. The van der Waals surface area contributed by atoms with Gasteiger partial charge in [-0.05, 0) is 63.1 Å². The van der Waals surface area contributed by atoms with E-state index in [9.17, 15) is 14.7 Å². The first-order valence-electron chi connectivity index (χ1n) is 11.3. The number of carbonyl (C=O) groups excluding carboxylic acids is 2. The number of aryl methyl sites for hydroxylation is 2. The van der Waals surface area contributed by atoms with Gasteiger partial charge >= 0.3 is 0 Å². The molecule has 1 aliphatic rings. The number of carbonyl (C=O) groups is 2. The lowest BCUT2D eigenvalue weighted by atomic mass is 9.94. The normalized spacial score (nSPS) is 15.8. The van der Waals surface area contributed by atoms with Gasteiger partial charge in [-0.15, -0.1) is 11.3 Å². The van der Waals surface area contributed by atoms with Gasteiger partial charge in [-0.25, -0.2) is 4.98 Å². The Bertz CT molecular complexity index is 1230. The Labute approximate surface area is 203 Å². The van der Waals surface area contributed by atoms with Crippen LogP contribution in [0.2, 0.25) is 0 Å². The molecule has 1 amide bonds. The standard InChI is InChI=1S/C26H28N4O3S/c1-5-29(6-2)20-9-7-19(8-10-20)22-21(23(31)25-16(3)28-17(4)34-25)24(32)26(33)30(22)15-18-11-13-27-14-12-18/h7-14,22,32H,5-6,15H2,1-4H3. The second kappa shape index (κ2) is 9.77. The predicted octanol–water partition coefficient (Wildman–Crippen LogP) is 4.78. The highest BCUT2D eigenvalue weighted by Gasteiger charge is 2.44. The molecule has 3 heterocycles. The van der Waals surface area contributed by atoms with Crippen LogP contribution in [0.15, 0.2) is 60.1 Å². The lowest BCUT2D eigenvalue weighted by Crippen LogP contribution is -2.30. The number of hydrogen-bond acceptors (Lipinski definition) is 7. The fourth-order valence-electron chi connectivity index (χ4n) is 4.40. The van der Waals surface area contributed by atoms with Crippen LogP contribution >= 0.6 is 11.3 Å². The number of thiazole rings is 1. The molecule has 7 nitrogen and oxygen atoms in total. The molecule has 4 rings (SSSR count). The summed E-state index contributed by atoms with van der Waals surface area (Å²) in [6.45, 7) is 9.79. The van der Waals surface area contributed by atoms with Crippen molar-refractivity contribution in [1.29, 1.82) is 0 Å². The van der Waals surface area contributed by atoms with Gasteiger partial charge in [0.05, 0.1) is 27.2 Å². The molecule has 2 aromatic heterocycles. The van der Waals surface area contributed by atoms with E-state index in [0.29, 0.717) is 10.6 Å². The molecular formula is C26H28N4O3S. The number of anilines is 1. The van der Waals surface area contributed by atoms with Crippen molar-refractivity contribution in [2.45, 2.75) is 40.3 Å². The molecule has 34 heavy (non-hydrogen) atoms. The summed E-state index contributed by atoms with van der Waals surface area (Å²) in [5.41, 5.74) is 3.39. The monoisotopic (exact) mass is 476 g/mol. The van der Waals surface area contributed by atoms with Gasteiger partial charge in [-0.1, -0.05) is 12.1 Å². The Balaban J connectivity index is 1.79. The molecule has 1 unspecified atom stereocenters. The van der Waals surface area contributed by atoms with E-state index in [-0.39, 0.29) is 17.9 Å². The summed E-state index contributed by atoms with van der Waals surface area (Å²) in [7, 11) is 0. The highest BCUT2D eigenvalue weighted by atomic mass is 32.1. The first-order chi connectivity index (χ1) is 16.3. The van der Waals surface area contributed by atoms with Crippen molar-refractivity contribution in [2.24, 2.45) is 0 Å². The third-order valence-corrected chi connectivity index (χ3v) is 7.17. The molecule has 0 spiro atoms. The summed E-state index contributed by atoms with van der Waals surface area (Å²) in [5, 5.41) is 11.7. The Morgan fingerprint density at radius 1 is 1.09 bits per heavy atom. The number of amides is 1. The van der Waals surface area contributed by atoms with Crippen LogP contribution in [0.25, 0.3) is 0 Å². The van der Waals surface area contributed by atoms with Crippen molar-refractivity contribution in [3.8, 4) is 0 Å². The van der Waals surface area contributed by atoms with E-state index in [2.05, 4.69) is 28.7 Å². The van der Waals surface area contributed by atoms with Crippen LogP contribution in [-0.2, 0) is 11.3 Å². The van der Waals surface area contributed by atoms with Crippen LogP contribution in [0.1, 0.15) is 51.4 Å². The molecule has 0 saturated heterocycles. The van der Waals surface area contributed by atoms with Crippen LogP contribution in [0, 0.1) is 13.8 Å². The van der Waals surface area contributed by atoms with Crippen molar-refractivity contribution in [3.63, 3.8) is 0 Å². The van der Waals surface area contributed by atoms with E-state index in [1.54, 1.807) is 24.2 Å². The minimum absolute atomic E-state index is 0.0985. The zero-order chi connectivity index (χ0) is 24.4. The van der Waals surface area contributed by atoms with E-state index in [1.165, 1.54) is 11.3 Å². The van der Waals surface area contributed by atoms with Gasteiger partial charge in [0.25, 0.3) is 5.91 Å². The summed E-state index contributed by atoms with van der Waals surface area (Å²) >= 11 is 1.28. The number of aromatic nitrogens is 2. The lowest BCUT2D eigenvalue weighted by Gasteiger charge is -2.28. The largest absolute Gasteiger partial charge is 0.503 e. The van der Waals surface area contributed by atoms with Crippen molar-refractivity contribution >= 4 is 28.7 Å². The fraction of sp³-hybridized carbons (Fsp3) is 0.308. The van der Waals surface area contributed by atoms with E-state index in [1.807, 2.05) is 43.3 Å². The second-order valence-corrected chi connectivity index (χ2v) is 9.40. The van der Waals surface area contributed by atoms with E-state index >= 15 is 0 Å². The number of rotatable bonds is 8. The molecule has 1 aliphatic heterocycles. The lowest BCUT2D eigenvalue weighted by molar-refractivity contribution is -0.130. The zero-order valence-electron chi connectivity index (χ0n) is 19.8. The maximum atomic E-state index is 13.6. The van der Waals surface area contributed by atoms with Gasteiger partial charge in [-0.2, -0.15) is 0 Å². The van der Waals surface area contributed by atoms with E-state index < -0.39 is 17.7 Å². The van der Waals surface area contributed by atoms with Gasteiger partial charge in [0.2, 0.25) is 5.78 Å². The Morgan fingerprint density at radius 2 is 1.74 bits per heavy atom. The molecule has 3 aromatic rings. The number of aliphatic hydroxyl groups is 1. The Kier molecular flexibility index (Phi) is 6.79. The summed E-state index contributed by atoms with van der Waals surface area (Å²) in [6.07, 6.45) is 3.32. The molecule has 0 aliphatic carbocycles. The summed E-state index contributed by atoms with van der Waals surface area (Å²) in [5.74, 6) is -1.41. The highest BCUT2D eigenvalue weighted by molar-refractivity contribution is 7.14. The first kappa shape index (κ1) is 23.6. The zero-order valence-corrected chi connectivity index (χ0v) is 20.6. The third-order valence-electron chi connectivity index (χ3n) is 6.10. The molecule has 8 heteroatoms. The fourth-order valence-corrected chi connectivity index (χ4v) is 5.27. The smallest absolute Gasteiger partial charge is 0.290 e. The number of hydrogen-bond donors (Lipinski definition) is 1. The molecule has 0 saturated carbocycles. The van der Waals surface area contributed by atoms with Crippen LogP contribution in [-0.4, -0.2) is 44.8 Å². The topological polar surface area (TPSA) is 86.6 Å². The van der Waals surface area contributed by atoms with E-state index in [4.69, 9.17) is 0 Å². The van der Waals surface area contributed by atoms with Crippen molar-refractivity contribution < 1.29 is 14.7 Å². The van der Waals surface area contributed by atoms with Crippen molar-refractivity contribution in [2.75, 3.05) is 18.0 Å². The molecule has 176 valence electrons. The van der Waals surface area contributed by atoms with Gasteiger partial charge in [0.1, 0.15) is 0 Å². The molecule has 0 fully saturated rings. The Morgan fingerprint density at radius 3 is 2.29 bits per heavy atom. The summed E-state index contributed by atoms with van der Waals surface area (Å²) < 4.78 is 0. The SMILES string of the molecule is CCN(CC)c1ccc(C2C(C(=O)c3sc(C)nc3C)=C(O)C(=O)N2Cc2ccncc2)cc1. The average Bonchev–Trinajstić information content (AvgIpc) is 3.31. The van der Waals surface area contributed by atoms with Crippen molar-refractivity contribution in [1.82, 2.24) is 14.9 Å². The number of benzene rings is 1. The first-order valence-corrected chi connectivity index (χ1v) is 12.1. The Hall–Kier alpha value is -3.52. The minimum atomic E-state index is -0.708. The van der Waals surface area contributed by atoms with Crippen LogP contribution in [0.3, 0.4) is 0 Å². The predicted molar refractivity (Wildman–Crippen MR) is 133 cm³/mol. The maximum absolute atomic E-state index is 13.6. The van der Waals surface area contributed by atoms with Crippen LogP contribution < -0.4 is 4.90 Å². The van der Waals surface area contributed by atoms with Gasteiger partial charge in [-0.3, -0.25) is 14.6 Å². The van der Waals surface area contributed by atoms with Gasteiger partial charge < -0.3 is 14.9 Å². The van der Waals surface area contributed by atoms with Crippen LogP contribution in [0.4, 0.5) is 5.69 Å². The van der Waals surface area contributed by atoms with Crippen molar-refractivity contribution in [3.05, 3.63) is 86.8 Å². The molecule has 0 radical (unpaired) electrons. The van der Waals surface area contributed by atoms with E-state index in [0.717, 1.165) is 34.9 Å². The number of aliphatic hydroxyl groups excluding tert-OH is 1.